The Kier molecular flexibility index (Phi) is 6.02. The van der Waals surface area contributed by atoms with Crippen LogP contribution in [0, 0.1) is 6.92 Å². The number of sulfonamides is 1. The molecular weight excluding hydrogens is 418 g/mol. The van der Waals surface area contributed by atoms with E-state index in [1.807, 2.05) is 31.2 Å². The number of halogens is 1. The molecule has 1 N–H and O–H groups in total. The largest absolute Gasteiger partial charge is 0.449 e. The standard InChI is InChI=1S/C19H18ClN3O5S/c1-11-4-6-13(7-5-11)18-23-22-17(28-18)12(2)27-19(24)15-10-14(8-9-16(15)20)29(25,26)21-3/h4-10,12,21H,1-3H3. The third-order valence-corrected chi connectivity index (χ3v) is 5.85. The zero-order valence-corrected chi connectivity index (χ0v) is 17.4. The van der Waals surface area contributed by atoms with Gasteiger partial charge in [0.15, 0.2) is 6.10 Å². The monoisotopic (exact) mass is 435 g/mol. The summed E-state index contributed by atoms with van der Waals surface area (Å²) in [6.07, 6.45) is -0.866. The number of nitrogens with zero attached hydrogens (tertiary/aromatic N) is 2. The van der Waals surface area contributed by atoms with Crippen LogP contribution in [0.2, 0.25) is 5.02 Å². The van der Waals surface area contributed by atoms with Gasteiger partial charge in [-0.25, -0.2) is 17.9 Å². The summed E-state index contributed by atoms with van der Waals surface area (Å²) >= 11 is 6.04. The Morgan fingerprint density at radius 2 is 1.86 bits per heavy atom. The molecule has 10 heteroatoms. The smallest absolute Gasteiger partial charge is 0.340 e. The van der Waals surface area contributed by atoms with Gasteiger partial charge in [0.25, 0.3) is 5.89 Å². The Balaban J connectivity index is 1.79. The van der Waals surface area contributed by atoms with Gasteiger partial charge >= 0.3 is 5.97 Å². The first kappa shape index (κ1) is 21.0. The van der Waals surface area contributed by atoms with E-state index in [0.717, 1.165) is 17.2 Å². The van der Waals surface area contributed by atoms with Crippen molar-refractivity contribution < 1.29 is 22.4 Å². The van der Waals surface area contributed by atoms with Crippen molar-refractivity contribution in [1.29, 1.82) is 0 Å². The third-order valence-electron chi connectivity index (χ3n) is 4.11. The minimum Gasteiger partial charge on any atom is -0.449 e. The number of aryl methyl sites for hydroxylation is 1. The molecule has 152 valence electrons. The third kappa shape index (κ3) is 4.64. The van der Waals surface area contributed by atoms with E-state index in [9.17, 15) is 13.2 Å². The maximum Gasteiger partial charge on any atom is 0.340 e. The summed E-state index contributed by atoms with van der Waals surface area (Å²) in [7, 11) is -2.47. The number of nitrogens with one attached hydrogen (secondary N) is 1. The Bertz CT molecular complexity index is 1140. The first-order valence-electron chi connectivity index (χ1n) is 8.56. The van der Waals surface area contributed by atoms with Gasteiger partial charge in [0, 0.05) is 5.56 Å². The van der Waals surface area contributed by atoms with Gasteiger partial charge in [-0.1, -0.05) is 29.3 Å². The molecule has 29 heavy (non-hydrogen) atoms. The maximum absolute atomic E-state index is 12.5. The fraction of sp³-hybridized carbons (Fsp3) is 0.211. The van der Waals surface area contributed by atoms with E-state index < -0.39 is 22.1 Å². The van der Waals surface area contributed by atoms with Crippen LogP contribution >= 0.6 is 11.6 Å². The highest BCUT2D eigenvalue weighted by Crippen LogP contribution is 2.26. The van der Waals surface area contributed by atoms with Crippen molar-refractivity contribution in [2.75, 3.05) is 7.05 Å². The summed E-state index contributed by atoms with van der Waals surface area (Å²) in [5.74, 6) is -0.419. The van der Waals surface area contributed by atoms with E-state index in [0.29, 0.717) is 5.89 Å². The highest BCUT2D eigenvalue weighted by atomic mass is 35.5. The van der Waals surface area contributed by atoms with Crippen LogP contribution in [0.15, 0.2) is 51.8 Å². The first-order chi connectivity index (χ1) is 13.7. The molecule has 0 aliphatic carbocycles. The Hall–Kier alpha value is -2.75. The zero-order chi connectivity index (χ0) is 21.2. The van der Waals surface area contributed by atoms with Gasteiger partial charge in [-0.15, -0.1) is 10.2 Å². The van der Waals surface area contributed by atoms with Gasteiger partial charge in [-0.2, -0.15) is 0 Å². The minimum atomic E-state index is -3.74. The number of carbonyl (C=O) groups is 1. The number of carbonyl (C=O) groups excluding carboxylic acids is 1. The first-order valence-corrected chi connectivity index (χ1v) is 10.4. The number of aromatic nitrogens is 2. The molecule has 0 aliphatic heterocycles. The second-order valence-electron chi connectivity index (χ2n) is 6.21. The molecule has 0 radical (unpaired) electrons. The van der Waals surface area contributed by atoms with Crippen molar-refractivity contribution in [3.63, 3.8) is 0 Å². The molecule has 0 fully saturated rings. The van der Waals surface area contributed by atoms with E-state index >= 15 is 0 Å². The fourth-order valence-electron chi connectivity index (χ4n) is 2.43. The number of rotatable bonds is 6. The van der Waals surface area contributed by atoms with Gasteiger partial charge < -0.3 is 9.15 Å². The predicted octanol–water partition coefficient (Wildman–Crippen LogP) is 3.52. The molecule has 1 heterocycles. The summed E-state index contributed by atoms with van der Waals surface area (Å²) in [5.41, 5.74) is 1.74. The normalized spacial score (nSPS) is 12.6. The second kappa shape index (κ2) is 8.32. The van der Waals surface area contributed by atoms with Crippen LogP contribution < -0.4 is 4.72 Å². The van der Waals surface area contributed by atoms with Crippen LogP contribution in [0.5, 0.6) is 0 Å². The summed E-state index contributed by atoms with van der Waals surface area (Å²) in [6.45, 7) is 3.53. The molecule has 1 atom stereocenters. The molecule has 1 aromatic heterocycles. The maximum atomic E-state index is 12.5. The SMILES string of the molecule is CNS(=O)(=O)c1ccc(Cl)c(C(=O)OC(C)c2nnc(-c3ccc(C)cc3)o2)c1. The number of hydrogen-bond donors (Lipinski definition) is 1. The number of benzene rings is 2. The molecule has 1 unspecified atom stereocenters. The molecule has 0 aliphatic rings. The van der Waals surface area contributed by atoms with Gasteiger partial charge in [-0.3, -0.25) is 0 Å². The molecule has 0 saturated heterocycles. The lowest BCUT2D eigenvalue weighted by Gasteiger charge is -2.11. The van der Waals surface area contributed by atoms with Crippen LogP contribution in [0.1, 0.15) is 34.8 Å². The van der Waals surface area contributed by atoms with Gasteiger partial charge in [0.05, 0.1) is 15.5 Å². The number of hydrogen-bond acceptors (Lipinski definition) is 7. The van der Waals surface area contributed by atoms with E-state index in [1.165, 1.54) is 19.2 Å². The Morgan fingerprint density at radius 3 is 2.52 bits per heavy atom. The van der Waals surface area contributed by atoms with Crippen LogP contribution in [0.25, 0.3) is 11.5 Å². The molecule has 2 aromatic carbocycles. The Morgan fingerprint density at radius 1 is 1.17 bits per heavy atom. The van der Waals surface area contributed by atoms with Crippen LogP contribution in [0.4, 0.5) is 0 Å². The topological polar surface area (TPSA) is 111 Å². The summed E-state index contributed by atoms with van der Waals surface area (Å²) < 4.78 is 37.0. The lowest BCUT2D eigenvalue weighted by Crippen LogP contribution is -2.19. The summed E-state index contributed by atoms with van der Waals surface area (Å²) in [6, 6.07) is 11.3. The lowest BCUT2D eigenvalue weighted by molar-refractivity contribution is 0.0280. The van der Waals surface area contributed by atoms with Gasteiger partial charge in [0.1, 0.15) is 0 Å². The van der Waals surface area contributed by atoms with Crippen molar-refractivity contribution >= 4 is 27.6 Å². The number of ether oxygens (including phenoxy) is 1. The lowest BCUT2D eigenvalue weighted by atomic mass is 10.1. The fourth-order valence-corrected chi connectivity index (χ4v) is 3.38. The van der Waals surface area contributed by atoms with Gasteiger partial charge in [0.2, 0.25) is 15.9 Å². The van der Waals surface area contributed by atoms with Crippen molar-refractivity contribution in [2.45, 2.75) is 24.8 Å². The van der Waals surface area contributed by atoms with Crippen molar-refractivity contribution in [3.05, 3.63) is 64.5 Å². The average Bonchev–Trinajstić information content (AvgIpc) is 3.19. The van der Waals surface area contributed by atoms with Crippen LogP contribution in [-0.2, 0) is 14.8 Å². The molecule has 0 saturated carbocycles. The highest BCUT2D eigenvalue weighted by molar-refractivity contribution is 7.89. The molecule has 0 spiro atoms. The van der Waals surface area contributed by atoms with Crippen LogP contribution in [0.3, 0.4) is 0 Å². The number of esters is 1. The van der Waals surface area contributed by atoms with Gasteiger partial charge in [-0.05, 0) is 51.2 Å². The zero-order valence-electron chi connectivity index (χ0n) is 15.8. The Labute approximate surface area is 172 Å². The molecule has 3 aromatic rings. The van der Waals surface area contributed by atoms with E-state index in [2.05, 4.69) is 14.9 Å². The molecule has 0 amide bonds. The van der Waals surface area contributed by atoms with Crippen LogP contribution in [-0.4, -0.2) is 31.6 Å². The molecule has 3 rings (SSSR count). The average molecular weight is 436 g/mol. The molecule has 8 nitrogen and oxygen atoms in total. The summed E-state index contributed by atoms with van der Waals surface area (Å²) in [4.78, 5) is 12.4. The quantitative estimate of drug-likeness (QED) is 0.589. The minimum absolute atomic E-state index is 0.0585. The van der Waals surface area contributed by atoms with Crippen molar-refractivity contribution in [1.82, 2.24) is 14.9 Å². The highest BCUT2D eigenvalue weighted by Gasteiger charge is 2.23. The molecular formula is C19H18ClN3O5S. The van der Waals surface area contributed by atoms with E-state index in [-0.39, 0.29) is 21.4 Å². The summed E-state index contributed by atoms with van der Waals surface area (Å²) in [5, 5.41) is 7.95. The molecule has 0 bridgehead atoms. The van der Waals surface area contributed by atoms with Crippen molar-refractivity contribution in [3.8, 4) is 11.5 Å². The van der Waals surface area contributed by atoms with Crippen molar-refractivity contribution in [2.24, 2.45) is 0 Å². The van der Waals surface area contributed by atoms with E-state index in [1.54, 1.807) is 6.92 Å². The second-order valence-corrected chi connectivity index (χ2v) is 8.50. The van der Waals surface area contributed by atoms with E-state index in [4.69, 9.17) is 20.8 Å². The predicted molar refractivity (Wildman–Crippen MR) is 106 cm³/mol.